The highest BCUT2D eigenvalue weighted by Crippen LogP contribution is 2.58. The van der Waals surface area contributed by atoms with Crippen molar-refractivity contribution >= 4 is 15.9 Å². The number of nitrogens with one attached hydrogen (secondary N) is 1. The van der Waals surface area contributed by atoms with Crippen molar-refractivity contribution < 1.29 is 9.13 Å². The Morgan fingerprint density at radius 1 is 1.50 bits per heavy atom. The maximum Gasteiger partial charge on any atom is 0.141 e. The predicted molar refractivity (Wildman–Crippen MR) is 74.3 cm³/mol. The van der Waals surface area contributed by atoms with E-state index < -0.39 is 0 Å². The number of hydrogen-bond donors (Lipinski definition) is 1. The highest BCUT2D eigenvalue weighted by molar-refractivity contribution is 9.10. The zero-order valence-electron chi connectivity index (χ0n) is 11.2. The monoisotopic (exact) mass is 315 g/mol. The second-order valence-electron chi connectivity index (χ2n) is 5.57. The summed E-state index contributed by atoms with van der Waals surface area (Å²) in [4.78, 5) is 0. The second kappa shape index (κ2) is 4.82. The quantitative estimate of drug-likeness (QED) is 0.909. The number of ether oxygens (including phenoxy) is 1. The topological polar surface area (TPSA) is 21.3 Å². The van der Waals surface area contributed by atoms with Crippen LogP contribution in [0.15, 0.2) is 16.6 Å². The minimum Gasteiger partial charge on any atom is -0.496 e. The van der Waals surface area contributed by atoms with Crippen molar-refractivity contribution in [1.82, 2.24) is 5.32 Å². The summed E-state index contributed by atoms with van der Waals surface area (Å²) in [6.07, 6.45) is 1.18. The van der Waals surface area contributed by atoms with Crippen LogP contribution >= 0.6 is 15.9 Å². The van der Waals surface area contributed by atoms with Crippen LogP contribution in [0, 0.1) is 17.2 Å². The van der Waals surface area contributed by atoms with Crippen LogP contribution in [-0.4, -0.2) is 14.2 Å². The average Bonchev–Trinajstić information content (AvgIpc) is 2.93. The molecule has 0 heterocycles. The fourth-order valence-corrected chi connectivity index (χ4v) is 2.98. The molecule has 0 radical (unpaired) electrons. The van der Waals surface area contributed by atoms with E-state index in [0.717, 1.165) is 5.56 Å². The summed E-state index contributed by atoms with van der Waals surface area (Å²) in [5.74, 6) is 0.882. The van der Waals surface area contributed by atoms with Crippen molar-refractivity contribution in [3.8, 4) is 5.75 Å². The van der Waals surface area contributed by atoms with Gasteiger partial charge in [0.05, 0.1) is 11.6 Å². The number of methoxy groups -OCH3 is 1. The van der Waals surface area contributed by atoms with E-state index in [4.69, 9.17) is 4.74 Å². The molecule has 1 N–H and O–H groups in total. The highest BCUT2D eigenvalue weighted by atomic mass is 79.9. The van der Waals surface area contributed by atoms with Gasteiger partial charge in [0.2, 0.25) is 0 Å². The standard InChI is InChI=1S/C14H19BrFNO/c1-14(2)7-9(14)13(17-3)8-5-10(15)11(16)6-12(8)18-4/h5-6,9,13,17H,7H2,1-4H3. The third-order valence-electron chi connectivity index (χ3n) is 3.91. The summed E-state index contributed by atoms with van der Waals surface area (Å²) >= 11 is 3.25. The van der Waals surface area contributed by atoms with Crippen molar-refractivity contribution in [3.05, 3.63) is 28.0 Å². The minimum atomic E-state index is -0.291. The Hall–Kier alpha value is -0.610. The number of rotatable bonds is 4. The van der Waals surface area contributed by atoms with E-state index >= 15 is 0 Å². The molecule has 2 atom stereocenters. The van der Waals surface area contributed by atoms with Gasteiger partial charge < -0.3 is 10.1 Å². The fraction of sp³-hybridized carbons (Fsp3) is 0.571. The third kappa shape index (κ3) is 2.41. The normalized spacial score (nSPS) is 22.7. The molecular formula is C14H19BrFNO. The number of hydrogen-bond acceptors (Lipinski definition) is 2. The summed E-state index contributed by atoms with van der Waals surface area (Å²) in [5.41, 5.74) is 1.36. The molecule has 0 aromatic heterocycles. The van der Waals surface area contributed by atoms with Crippen LogP contribution in [0.2, 0.25) is 0 Å². The third-order valence-corrected chi connectivity index (χ3v) is 4.52. The molecule has 18 heavy (non-hydrogen) atoms. The van der Waals surface area contributed by atoms with Crippen molar-refractivity contribution in [3.63, 3.8) is 0 Å². The van der Waals surface area contributed by atoms with Crippen LogP contribution in [0.5, 0.6) is 5.75 Å². The van der Waals surface area contributed by atoms with Crippen LogP contribution in [0.4, 0.5) is 4.39 Å². The van der Waals surface area contributed by atoms with Gasteiger partial charge in [-0.3, -0.25) is 0 Å². The molecule has 2 unspecified atom stereocenters. The van der Waals surface area contributed by atoms with Crippen LogP contribution in [-0.2, 0) is 0 Å². The van der Waals surface area contributed by atoms with Crippen molar-refractivity contribution in [2.24, 2.45) is 11.3 Å². The molecule has 0 spiro atoms. The Kier molecular flexibility index (Phi) is 3.70. The maximum atomic E-state index is 13.5. The molecule has 100 valence electrons. The summed E-state index contributed by atoms with van der Waals surface area (Å²) in [6.45, 7) is 4.51. The summed E-state index contributed by atoms with van der Waals surface area (Å²) < 4.78 is 19.3. The van der Waals surface area contributed by atoms with Gasteiger partial charge >= 0.3 is 0 Å². The molecule has 2 rings (SSSR count). The molecule has 4 heteroatoms. The minimum absolute atomic E-state index is 0.201. The summed E-state index contributed by atoms with van der Waals surface area (Å²) in [7, 11) is 3.52. The van der Waals surface area contributed by atoms with Gasteiger partial charge in [-0.25, -0.2) is 4.39 Å². The van der Waals surface area contributed by atoms with Gasteiger partial charge in [0.1, 0.15) is 11.6 Å². The molecule has 2 nitrogen and oxygen atoms in total. The molecule has 0 bridgehead atoms. The number of benzene rings is 1. The largest absolute Gasteiger partial charge is 0.496 e. The van der Waals surface area contributed by atoms with Crippen molar-refractivity contribution in [2.45, 2.75) is 26.3 Å². The molecule has 0 aliphatic heterocycles. The molecule has 1 saturated carbocycles. The molecule has 1 aliphatic carbocycles. The van der Waals surface area contributed by atoms with E-state index in [1.807, 2.05) is 13.1 Å². The van der Waals surface area contributed by atoms with E-state index in [0.29, 0.717) is 21.6 Å². The zero-order chi connectivity index (χ0) is 13.5. The predicted octanol–water partition coefficient (Wildman–Crippen LogP) is 3.90. The van der Waals surface area contributed by atoms with Gasteiger partial charge in [-0.2, -0.15) is 0 Å². The van der Waals surface area contributed by atoms with E-state index in [1.165, 1.54) is 12.5 Å². The van der Waals surface area contributed by atoms with Gasteiger partial charge in [-0.15, -0.1) is 0 Å². The molecule has 1 aromatic rings. The second-order valence-corrected chi connectivity index (χ2v) is 6.43. The van der Waals surface area contributed by atoms with E-state index in [9.17, 15) is 4.39 Å². The Morgan fingerprint density at radius 3 is 2.56 bits per heavy atom. The van der Waals surface area contributed by atoms with Crippen LogP contribution in [0.25, 0.3) is 0 Å². The first-order valence-corrected chi connectivity index (χ1v) is 6.90. The first-order valence-electron chi connectivity index (χ1n) is 6.11. The Morgan fingerprint density at radius 2 is 2.11 bits per heavy atom. The number of halogens is 2. The van der Waals surface area contributed by atoms with Crippen LogP contribution in [0.3, 0.4) is 0 Å². The Labute approximate surface area is 116 Å². The molecule has 1 aromatic carbocycles. The van der Waals surface area contributed by atoms with Gasteiger partial charge in [-0.1, -0.05) is 13.8 Å². The van der Waals surface area contributed by atoms with Gasteiger partial charge in [-0.05, 0) is 46.8 Å². The summed E-state index contributed by atoms with van der Waals surface area (Å²) in [5, 5.41) is 3.33. The molecule has 0 saturated heterocycles. The first kappa shape index (κ1) is 13.8. The van der Waals surface area contributed by atoms with Gasteiger partial charge in [0.15, 0.2) is 0 Å². The summed E-state index contributed by atoms with van der Waals surface area (Å²) in [6, 6.07) is 3.47. The smallest absolute Gasteiger partial charge is 0.141 e. The fourth-order valence-electron chi connectivity index (χ4n) is 2.61. The lowest BCUT2D eigenvalue weighted by atomic mass is 9.96. The van der Waals surface area contributed by atoms with Crippen molar-refractivity contribution in [2.75, 3.05) is 14.2 Å². The SMILES string of the molecule is CNC(c1cc(Br)c(F)cc1OC)C1CC1(C)C. The van der Waals surface area contributed by atoms with E-state index in [1.54, 1.807) is 7.11 Å². The van der Waals surface area contributed by atoms with Gasteiger partial charge in [0.25, 0.3) is 0 Å². The van der Waals surface area contributed by atoms with Crippen LogP contribution < -0.4 is 10.1 Å². The lowest BCUT2D eigenvalue weighted by Crippen LogP contribution is -2.21. The van der Waals surface area contributed by atoms with Crippen LogP contribution in [0.1, 0.15) is 31.9 Å². The molecule has 1 fully saturated rings. The molecule has 1 aliphatic rings. The Balaban J connectivity index is 2.39. The molecular weight excluding hydrogens is 297 g/mol. The van der Waals surface area contributed by atoms with E-state index in [-0.39, 0.29) is 11.9 Å². The highest BCUT2D eigenvalue weighted by Gasteiger charge is 2.50. The maximum absolute atomic E-state index is 13.5. The van der Waals surface area contributed by atoms with E-state index in [2.05, 4.69) is 35.1 Å². The zero-order valence-corrected chi connectivity index (χ0v) is 12.8. The Bertz CT molecular complexity index is 461. The molecule has 0 amide bonds. The van der Waals surface area contributed by atoms with Gasteiger partial charge in [0, 0.05) is 17.7 Å². The van der Waals surface area contributed by atoms with Crippen molar-refractivity contribution in [1.29, 1.82) is 0 Å². The lowest BCUT2D eigenvalue weighted by Gasteiger charge is -2.21. The lowest BCUT2D eigenvalue weighted by molar-refractivity contribution is 0.381. The first-order chi connectivity index (χ1) is 8.40. The average molecular weight is 316 g/mol.